The van der Waals surface area contributed by atoms with Crippen molar-refractivity contribution in [1.82, 2.24) is 10.6 Å². The minimum Gasteiger partial charge on any atom is -0.453 e. The van der Waals surface area contributed by atoms with Gasteiger partial charge in [0.2, 0.25) is 0 Å². The SMILES string of the molecule is CCc1ccc(CCC(=O)O[C@H](C)C(=O)NC(=O)NC(C)(C)C)cc1. The predicted octanol–water partition coefficient (Wildman–Crippen LogP) is 2.74. The Bertz CT molecular complexity index is 603. The number of aryl methyl sites for hydroxylation is 2. The molecule has 0 fully saturated rings. The van der Waals surface area contributed by atoms with Gasteiger partial charge in [0.05, 0.1) is 0 Å². The quantitative estimate of drug-likeness (QED) is 0.774. The van der Waals surface area contributed by atoms with Gasteiger partial charge in [-0.3, -0.25) is 14.9 Å². The summed E-state index contributed by atoms with van der Waals surface area (Å²) in [5.74, 6) is -1.12. The van der Waals surface area contributed by atoms with E-state index < -0.39 is 29.6 Å². The summed E-state index contributed by atoms with van der Waals surface area (Å²) in [6.45, 7) is 8.92. The van der Waals surface area contributed by atoms with Crippen LogP contribution in [0.3, 0.4) is 0 Å². The van der Waals surface area contributed by atoms with Crippen LogP contribution >= 0.6 is 0 Å². The van der Waals surface area contributed by atoms with E-state index in [0.29, 0.717) is 6.42 Å². The molecule has 0 radical (unpaired) electrons. The van der Waals surface area contributed by atoms with Gasteiger partial charge in [0.1, 0.15) is 0 Å². The molecule has 1 atom stereocenters. The second kappa shape index (κ2) is 9.20. The number of carbonyl (C=O) groups is 3. The van der Waals surface area contributed by atoms with Crippen molar-refractivity contribution in [2.45, 2.75) is 65.5 Å². The lowest BCUT2D eigenvalue weighted by Crippen LogP contribution is -2.50. The fraction of sp³-hybridized carbons (Fsp3) is 0.526. The number of rotatable bonds is 6. The van der Waals surface area contributed by atoms with Crippen molar-refractivity contribution >= 4 is 17.9 Å². The Morgan fingerprint density at radius 1 is 1.08 bits per heavy atom. The number of nitrogens with one attached hydrogen (secondary N) is 2. The molecule has 0 aliphatic rings. The van der Waals surface area contributed by atoms with Crippen LogP contribution in [0.2, 0.25) is 0 Å². The Kier molecular flexibility index (Phi) is 7.61. The van der Waals surface area contributed by atoms with Gasteiger partial charge in [0, 0.05) is 12.0 Å². The smallest absolute Gasteiger partial charge is 0.321 e. The molecule has 0 spiro atoms. The lowest BCUT2D eigenvalue weighted by atomic mass is 10.1. The van der Waals surface area contributed by atoms with Crippen LogP contribution in [-0.4, -0.2) is 29.6 Å². The van der Waals surface area contributed by atoms with E-state index in [1.54, 1.807) is 20.8 Å². The fourth-order valence-corrected chi connectivity index (χ4v) is 2.08. The highest BCUT2D eigenvalue weighted by Gasteiger charge is 2.21. The van der Waals surface area contributed by atoms with Crippen LogP contribution in [-0.2, 0) is 27.2 Å². The van der Waals surface area contributed by atoms with Crippen molar-refractivity contribution < 1.29 is 19.1 Å². The summed E-state index contributed by atoms with van der Waals surface area (Å²) in [7, 11) is 0. The molecule has 0 aliphatic carbocycles. The van der Waals surface area contributed by atoms with Crippen LogP contribution in [0.4, 0.5) is 4.79 Å². The number of hydrogen-bond acceptors (Lipinski definition) is 4. The van der Waals surface area contributed by atoms with Gasteiger partial charge in [-0.1, -0.05) is 31.2 Å². The maximum Gasteiger partial charge on any atom is 0.321 e. The van der Waals surface area contributed by atoms with E-state index >= 15 is 0 Å². The lowest BCUT2D eigenvalue weighted by molar-refractivity contribution is -0.154. The lowest BCUT2D eigenvalue weighted by Gasteiger charge is -2.21. The third-order valence-electron chi connectivity index (χ3n) is 3.45. The molecule has 3 amide bonds. The molecule has 0 saturated carbocycles. The average molecular weight is 348 g/mol. The molecule has 138 valence electrons. The molecule has 0 unspecified atom stereocenters. The van der Waals surface area contributed by atoms with Gasteiger partial charge in [0.25, 0.3) is 5.91 Å². The third-order valence-corrected chi connectivity index (χ3v) is 3.45. The molecule has 0 aliphatic heterocycles. The highest BCUT2D eigenvalue weighted by Crippen LogP contribution is 2.08. The van der Waals surface area contributed by atoms with Crippen LogP contribution < -0.4 is 10.6 Å². The van der Waals surface area contributed by atoms with Gasteiger partial charge in [-0.05, 0) is 51.7 Å². The molecule has 1 aromatic carbocycles. The first kappa shape index (κ1) is 20.7. The molecule has 25 heavy (non-hydrogen) atoms. The highest BCUT2D eigenvalue weighted by molar-refractivity contribution is 5.97. The summed E-state index contributed by atoms with van der Waals surface area (Å²) < 4.78 is 5.08. The molecule has 0 heterocycles. The van der Waals surface area contributed by atoms with E-state index in [1.807, 2.05) is 24.3 Å². The summed E-state index contributed by atoms with van der Waals surface area (Å²) in [5.41, 5.74) is 1.82. The monoisotopic (exact) mass is 348 g/mol. The first-order valence-corrected chi connectivity index (χ1v) is 8.51. The molecular weight excluding hydrogens is 320 g/mol. The molecule has 0 bridgehead atoms. The number of benzene rings is 1. The van der Waals surface area contributed by atoms with Crippen molar-refractivity contribution in [3.05, 3.63) is 35.4 Å². The van der Waals surface area contributed by atoms with Gasteiger partial charge in [0.15, 0.2) is 6.10 Å². The standard InChI is InChI=1S/C19H28N2O4/c1-6-14-7-9-15(10-8-14)11-12-16(22)25-13(2)17(23)20-18(24)21-19(3,4)5/h7-10,13H,6,11-12H2,1-5H3,(H2,20,21,23,24)/t13-/m1/s1. The van der Waals surface area contributed by atoms with Crippen molar-refractivity contribution in [3.63, 3.8) is 0 Å². The number of urea groups is 1. The van der Waals surface area contributed by atoms with Gasteiger partial charge in [-0.15, -0.1) is 0 Å². The second-order valence-corrected chi connectivity index (χ2v) is 7.00. The Hall–Kier alpha value is -2.37. The number of ether oxygens (including phenoxy) is 1. The number of esters is 1. The largest absolute Gasteiger partial charge is 0.453 e. The Labute approximate surface area is 149 Å². The van der Waals surface area contributed by atoms with Gasteiger partial charge in [-0.25, -0.2) is 4.79 Å². The highest BCUT2D eigenvalue weighted by atomic mass is 16.5. The predicted molar refractivity (Wildman–Crippen MR) is 96.1 cm³/mol. The maximum atomic E-state index is 11.9. The van der Waals surface area contributed by atoms with Crippen LogP contribution in [0.5, 0.6) is 0 Å². The number of imide groups is 1. The third kappa shape index (κ3) is 8.33. The Morgan fingerprint density at radius 2 is 1.64 bits per heavy atom. The number of hydrogen-bond donors (Lipinski definition) is 2. The van der Waals surface area contributed by atoms with Gasteiger partial charge >= 0.3 is 12.0 Å². The van der Waals surface area contributed by atoms with Crippen molar-refractivity contribution in [2.75, 3.05) is 0 Å². The van der Waals surface area contributed by atoms with Crippen LogP contribution in [0.15, 0.2) is 24.3 Å². The van der Waals surface area contributed by atoms with Crippen molar-refractivity contribution in [3.8, 4) is 0 Å². The first-order chi connectivity index (χ1) is 11.6. The average Bonchev–Trinajstić information content (AvgIpc) is 2.51. The molecule has 2 N–H and O–H groups in total. The van der Waals surface area contributed by atoms with Crippen molar-refractivity contribution in [2.24, 2.45) is 0 Å². The van der Waals surface area contributed by atoms with Crippen LogP contribution in [0.1, 0.15) is 52.2 Å². The van der Waals surface area contributed by atoms with E-state index in [-0.39, 0.29) is 6.42 Å². The molecule has 1 rings (SSSR count). The van der Waals surface area contributed by atoms with E-state index in [0.717, 1.165) is 12.0 Å². The first-order valence-electron chi connectivity index (χ1n) is 8.51. The van der Waals surface area contributed by atoms with E-state index in [1.165, 1.54) is 12.5 Å². The van der Waals surface area contributed by atoms with Crippen molar-refractivity contribution in [1.29, 1.82) is 0 Å². The minimum absolute atomic E-state index is 0.178. The van der Waals surface area contributed by atoms with E-state index in [4.69, 9.17) is 4.74 Å². The van der Waals surface area contributed by atoms with Gasteiger partial charge in [-0.2, -0.15) is 0 Å². The summed E-state index contributed by atoms with van der Waals surface area (Å²) in [4.78, 5) is 35.4. The summed E-state index contributed by atoms with van der Waals surface area (Å²) in [6, 6.07) is 7.42. The molecule has 6 heteroatoms. The summed E-state index contributed by atoms with van der Waals surface area (Å²) in [6.07, 6.45) is 0.664. The molecule has 1 aromatic rings. The molecule has 0 aromatic heterocycles. The number of carbonyl (C=O) groups excluding carboxylic acids is 3. The van der Waals surface area contributed by atoms with Crippen LogP contribution in [0, 0.1) is 0 Å². The van der Waals surface area contributed by atoms with E-state index in [2.05, 4.69) is 17.6 Å². The summed E-state index contributed by atoms with van der Waals surface area (Å²) >= 11 is 0. The Morgan fingerprint density at radius 3 is 2.16 bits per heavy atom. The number of amides is 3. The second-order valence-electron chi connectivity index (χ2n) is 7.00. The topological polar surface area (TPSA) is 84.5 Å². The maximum absolute atomic E-state index is 11.9. The van der Waals surface area contributed by atoms with Crippen LogP contribution in [0.25, 0.3) is 0 Å². The minimum atomic E-state index is -1.03. The van der Waals surface area contributed by atoms with E-state index in [9.17, 15) is 14.4 Å². The molecule has 6 nitrogen and oxygen atoms in total. The zero-order chi connectivity index (χ0) is 19.0. The normalized spacial score (nSPS) is 12.2. The zero-order valence-corrected chi connectivity index (χ0v) is 15.6. The van der Waals surface area contributed by atoms with Gasteiger partial charge < -0.3 is 10.1 Å². The fourth-order valence-electron chi connectivity index (χ4n) is 2.08. The molecular formula is C19H28N2O4. The molecule has 0 saturated heterocycles. The summed E-state index contributed by atoms with van der Waals surface area (Å²) in [5, 5.41) is 4.76. The zero-order valence-electron chi connectivity index (χ0n) is 15.6. The Balaban J connectivity index is 2.39.